The van der Waals surface area contributed by atoms with Crippen LogP contribution in [0, 0.1) is 0 Å². The highest BCUT2D eigenvalue weighted by Gasteiger charge is 2.35. The Morgan fingerprint density at radius 3 is 2.62 bits per heavy atom. The molecule has 1 saturated carbocycles. The molecule has 1 fully saturated rings. The zero-order valence-electron chi connectivity index (χ0n) is 20.1. The second kappa shape index (κ2) is 9.14. The average molecular weight is 437 g/mol. The first kappa shape index (κ1) is 22.6. The summed E-state index contributed by atoms with van der Waals surface area (Å²) in [4.78, 5) is 18.8. The van der Waals surface area contributed by atoms with Crippen LogP contribution in [0.1, 0.15) is 89.2 Å². The highest BCUT2D eigenvalue weighted by molar-refractivity contribution is 5.80. The maximum absolute atomic E-state index is 13.4. The Bertz CT molecular complexity index is 1120. The van der Waals surface area contributed by atoms with Crippen LogP contribution in [0.4, 0.5) is 0 Å². The van der Waals surface area contributed by atoms with Crippen LogP contribution in [0.25, 0.3) is 10.9 Å². The minimum Gasteiger partial charge on any atom is -0.322 e. The van der Waals surface area contributed by atoms with Crippen LogP contribution < -0.4 is 5.56 Å². The van der Waals surface area contributed by atoms with Gasteiger partial charge in [-0.2, -0.15) is 0 Å². The highest BCUT2D eigenvalue weighted by Crippen LogP contribution is 2.34. The minimum absolute atomic E-state index is 0.0711. The molecular formula is C25H36N6O. The van der Waals surface area contributed by atoms with E-state index in [1.54, 1.807) is 0 Å². The lowest BCUT2D eigenvalue weighted by molar-refractivity contribution is 0.142. The van der Waals surface area contributed by atoms with E-state index >= 15 is 0 Å². The van der Waals surface area contributed by atoms with Crippen molar-refractivity contribution in [2.75, 3.05) is 7.05 Å². The molecule has 0 spiro atoms. The molecule has 0 bridgehead atoms. The maximum atomic E-state index is 13.4. The number of benzene rings is 1. The molecule has 7 heteroatoms. The van der Waals surface area contributed by atoms with Crippen LogP contribution in [-0.4, -0.2) is 43.2 Å². The SMILES string of the molecule is CCc1ccc2[nH]c(=O)c([C@H](c3nnnn3C(C)(C)CC)N(C)C3CCCCC3)cc2c1. The van der Waals surface area contributed by atoms with Gasteiger partial charge >= 0.3 is 0 Å². The number of nitrogens with one attached hydrogen (secondary N) is 1. The molecule has 1 aliphatic rings. The Morgan fingerprint density at radius 2 is 1.94 bits per heavy atom. The van der Waals surface area contributed by atoms with E-state index in [1.807, 2.05) is 10.7 Å². The zero-order valence-corrected chi connectivity index (χ0v) is 20.1. The van der Waals surface area contributed by atoms with Crippen molar-refractivity contribution in [3.63, 3.8) is 0 Å². The Labute approximate surface area is 190 Å². The van der Waals surface area contributed by atoms with Gasteiger partial charge in [-0.15, -0.1) is 5.10 Å². The fraction of sp³-hybridized carbons (Fsp3) is 0.600. The number of aromatic nitrogens is 5. The van der Waals surface area contributed by atoms with E-state index in [9.17, 15) is 4.79 Å². The molecule has 2 heterocycles. The quantitative estimate of drug-likeness (QED) is 0.587. The summed E-state index contributed by atoms with van der Waals surface area (Å²) in [7, 11) is 2.13. The third-order valence-electron chi connectivity index (χ3n) is 7.37. The molecule has 2 aromatic heterocycles. The van der Waals surface area contributed by atoms with Crippen LogP contribution in [0.5, 0.6) is 0 Å². The molecular weight excluding hydrogens is 400 g/mol. The van der Waals surface area contributed by atoms with Gasteiger partial charge in [0.2, 0.25) is 0 Å². The van der Waals surface area contributed by atoms with Crippen molar-refractivity contribution in [3.8, 4) is 0 Å². The van der Waals surface area contributed by atoms with Gasteiger partial charge in [-0.25, -0.2) is 4.68 Å². The molecule has 1 aromatic carbocycles. The predicted octanol–water partition coefficient (Wildman–Crippen LogP) is 4.58. The van der Waals surface area contributed by atoms with Crippen molar-refractivity contribution in [3.05, 3.63) is 51.6 Å². The van der Waals surface area contributed by atoms with Gasteiger partial charge in [0.05, 0.1) is 5.54 Å². The molecule has 1 atom stereocenters. The van der Waals surface area contributed by atoms with Gasteiger partial charge in [-0.05, 0) is 86.2 Å². The van der Waals surface area contributed by atoms with Gasteiger partial charge < -0.3 is 4.98 Å². The summed E-state index contributed by atoms with van der Waals surface area (Å²) in [5, 5.41) is 14.0. The molecule has 172 valence electrons. The van der Waals surface area contributed by atoms with E-state index in [-0.39, 0.29) is 17.1 Å². The summed E-state index contributed by atoms with van der Waals surface area (Å²) in [5.74, 6) is 0.737. The predicted molar refractivity (Wildman–Crippen MR) is 128 cm³/mol. The third kappa shape index (κ3) is 4.22. The van der Waals surface area contributed by atoms with Gasteiger partial charge in [-0.1, -0.05) is 39.2 Å². The van der Waals surface area contributed by atoms with Gasteiger partial charge in [-0.3, -0.25) is 9.69 Å². The van der Waals surface area contributed by atoms with Crippen molar-refractivity contribution in [1.82, 2.24) is 30.1 Å². The Hall–Kier alpha value is -2.54. The van der Waals surface area contributed by atoms with E-state index in [4.69, 9.17) is 0 Å². The van der Waals surface area contributed by atoms with Gasteiger partial charge in [0.15, 0.2) is 5.82 Å². The third-order valence-corrected chi connectivity index (χ3v) is 7.37. The lowest BCUT2D eigenvalue weighted by Crippen LogP contribution is -2.42. The number of aryl methyl sites for hydroxylation is 1. The molecule has 3 aromatic rings. The fourth-order valence-electron chi connectivity index (χ4n) is 4.88. The number of hydrogen-bond donors (Lipinski definition) is 1. The van der Waals surface area contributed by atoms with Crippen molar-refractivity contribution < 1.29 is 0 Å². The number of rotatable bonds is 7. The number of hydrogen-bond acceptors (Lipinski definition) is 5. The molecule has 7 nitrogen and oxygen atoms in total. The molecule has 1 aliphatic carbocycles. The Kier molecular flexibility index (Phi) is 6.47. The first-order valence-electron chi connectivity index (χ1n) is 12.0. The topological polar surface area (TPSA) is 79.7 Å². The summed E-state index contributed by atoms with van der Waals surface area (Å²) in [6.07, 6.45) is 7.85. The van der Waals surface area contributed by atoms with Crippen molar-refractivity contribution >= 4 is 10.9 Å². The molecule has 4 rings (SSSR count). The highest BCUT2D eigenvalue weighted by atomic mass is 16.1. The van der Waals surface area contributed by atoms with E-state index in [0.717, 1.165) is 42.4 Å². The van der Waals surface area contributed by atoms with Crippen LogP contribution in [0.15, 0.2) is 29.1 Å². The van der Waals surface area contributed by atoms with Crippen molar-refractivity contribution in [2.24, 2.45) is 0 Å². The van der Waals surface area contributed by atoms with E-state index in [1.165, 1.54) is 24.8 Å². The van der Waals surface area contributed by atoms with Crippen LogP contribution in [0.3, 0.4) is 0 Å². The second-order valence-electron chi connectivity index (χ2n) is 9.80. The molecule has 1 N–H and O–H groups in total. The average Bonchev–Trinajstić information content (AvgIpc) is 3.30. The van der Waals surface area contributed by atoms with E-state index in [0.29, 0.717) is 11.6 Å². The van der Waals surface area contributed by atoms with E-state index < -0.39 is 0 Å². The van der Waals surface area contributed by atoms with Crippen LogP contribution in [0.2, 0.25) is 0 Å². The summed E-state index contributed by atoms with van der Waals surface area (Å²) < 4.78 is 1.92. The standard InChI is InChI=1S/C25H36N6O/c1-6-17-13-14-21-18(15-17)16-20(24(32)26-21)22(30(5)19-11-9-8-10-12-19)23-27-28-29-31(23)25(3,4)7-2/h13-16,19,22H,6-12H2,1-5H3,(H,26,32)/t22-/m1/s1. The van der Waals surface area contributed by atoms with E-state index in [2.05, 4.69) is 78.4 Å². The normalized spacial score (nSPS) is 16.7. The maximum Gasteiger partial charge on any atom is 0.253 e. The number of fused-ring (bicyclic) bond motifs is 1. The minimum atomic E-state index is -0.308. The molecule has 0 amide bonds. The van der Waals surface area contributed by atoms with Crippen molar-refractivity contribution in [2.45, 2.75) is 90.3 Å². The van der Waals surface area contributed by atoms with Crippen LogP contribution >= 0.6 is 0 Å². The number of tetrazole rings is 1. The largest absolute Gasteiger partial charge is 0.322 e. The summed E-state index contributed by atoms with van der Waals surface area (Å²) >= 11 is 0. The number of pyridine rings is 1. The molecule has 32 heavy (non-hydrogen) atoms. The van der Waals surface area contributed by atoms with Crippen LogP contribution in [-0.2, 0) is 12.0 Å². The molecule has 0 saturated heterocycles. The molecule has 0 aliphatic heterocycles. The monoisotopic (exact) mass is 436 g/mol. The van der Waals surface area contributed by atoms with Gasteiger partial charge in [0, 0.05) is 17.1 Å². The Morgan fingerprint density at radius 1 is 1.19 bits per heavy atom. The first-order valence-corrected chi connectivity index (χ1v) is 12.0. The van der Waals surface area contributed by atoms with Crippen molar-refractivity contribution in [1.29, 1.82) is 0 Å². The number of nitrogens with zero attached hydrogens (tertiary/aromatic N) is 5. The zero-order chi connectivity index (χ0) is 22.9. The van der Waals surface area contributed by atoms with Gasteiger partial charge in [0.1, 0.15) is 6.04 Å². The molecule has 0 unspecified atom stereocenters. The summed E-state index contributed by atoms with van der Waals surface area (Å²) in [6.45, 7) is 8.57. The fourth-order valence-corrected chi connectivity index (χ4v) is 4.88. The molecule has 0 radical (unpaired) electrons. The number of H-pyrrole nitrogens is 1. The van der Waals surface area contributed by atoms with Gasteiger partial charge in [0.25, 0.3) is 5.56 Å². The summed E-state index contributed by atoms with van der Waals surface area (Å²) in [6, 6.07) is 8.40. The number of aromatic amines is 1. The summed E-state index contributed by atoms with van der Waals surface area (Å²) in [5.41, 5.74) is 2.51. The lowest BCUT2D eigenvalue weighted by atomic mass is 9.91. The second-order valence-corrected chi connectivity index (χ2v) is 9.80. The Balaban J connectivity index is 1.89. The smallest absolute Gasteiger partial charge is 0.253 e. The first-order chi connectivity index (χ1) is 15.4. The lowest BCUT2D eigenvalue weighted by Gasteiger charge is -2.37.